The number of hydrogen-bond acceptors (Lipinski definition) is 4. The van der Waals surface area contributed by atoms with Crippen LogP contribution < -0.4 is 15.8 Å². The van der Waals surface area contributed by atoms with Crippen molar-refractivity contribution in [3.8, 4) is 5.75 Å². The summed E-state index contributed by atoms with van der Waals surface area (Å²) in [4.78, 5) is 0. The Labute approximate surface area is 106 Å². The quantitative estimate of drug-likeness (QED) is 0.857. The molecule has 0 aliphatic carbocycles. The van der Waals surface area contributed by atoms with Crippen LogP contribution in [0.5, 0.6) is 5.75 Å². The fraction of sp³-hybridized carbons (Fsp3) is 0.500. The van der Waals surface area contributed by atoms with Gasteiger partial charge in [-0.1, -0.05) is 17.7 Å². The van der Waals surface area contributed by atoms with Crippen molar-refractivity contribution in [1.29, 1.82) is 0 Å². The second-order valence-corrected chi connectivity index (χ2v) is 4.46. The Morgan fingerprint density at radius 3 is 3.00 bits per heavy atom. The van der Waals surface area contributed by atoms with Crippen LogP contribution in [0.3, 0.4) is 0 Å². The van der Waals surface area contributed by atoms with E-state index in [4.69, 9.17) is 26.8 Å². The van der Waals surface area contributed by atoms with E-state index < -0.39 is 0 Å². The van der Waals surface area contributed by atoms with Crippen LogP contribution >= 0.6 is 11.6 Å². The molecule has 0 spiro atoms. The maximum absolute atomic E-state index is 6.19. The molecule has 94 valence electrons. The van der Waals surface area contributed by atoms with Gasteiger partial charge in [-0.3, -0.25) is 0 Å². The van der Waals surface area contributed by atoms with Crippen molar-refractivity contribution in [3.63, 3.8) is 0 Å². The van der Waals surface area contributed by atoms with Crippen LogP contribution in [0.25, 0.3) is 0 Å². The topological polar surface area (TPSA) is 56.5 Å². The molecule has 0 bridgehead atoms. The largest absolute Gasteiger partial charge is 0.495 e. The molecule has 2 unspecified atom stereocenters. The van der Waals surface area contributed by atoms with Gasteiger partial charge in [-0.25, -0.2) is 0 Å². The number of halogens is 1. The molecular weight excluding hydrogens is 240 g/mol. The molecule has 1 fully saturated rings. The van der Waals surface area contributed by atoms with Crippen molar-refractivity contribution in [2.24, 2.45) is 5.73 Å². The Bertz CT molecular complexity index is 381. The molecule has 1 aliphatic heterocycles. The van der Waals surface area contributed by atoms with Gasteiger partial charge < -0.3 is 20.5 Å². The summed E-state index contributed by atoms with van der Waals surface area (Å²) in [5.41, 5.74) is 7.17. The minimum atomic E-state index is -0.126. The zero-order valence-electron chi connectivity index (χ0n) is 9.78. The van der Waals surface area contributed by atoms with Crippen LogP contribution in [0.1, 0.15) is 11.6 Å². The highest BCUT2D eigenvalue weighted by atomic mass is 35.5. The molecule has 3 N–H and O–H groups in total. The lowest BCUT2D eigenvalue weighted by molar-refractivity contribution is 0.0685. The third-order valence-corrected chi connectivity index (χ3v) is 3.24. The summed E-state index contributed by atoms with van der Waals surface area (Å²) in [5, 5.41) is 3.92. The number of nitrogens with two attached hydrogens (primary N) is 1. The second-order valence-electron chi connectivity index (χ2n) is 4.06. The van der Waals surface area contributed by atoms with Gasteiger partial charge in [-0.15, -0.1) is 0 Å². The van der Waals surface area contributed by atoms with Crippen LogP contribution in [-0.2, 0) is 4.74 Å². The Morgan fingerprint density at radius 2 is 2.41 bits per heavy atom. The van der Waals surface area contributed by atoms with E-state index in [1.54, 1.807) is 7.11 Å². The average molecular weight is 257 g/mol. The van der Waals surface area contributed by atoms with Gasteiger partial charge in [0.15, 0.2) is 0 Å². The van der Waals surface area contributed by atoms with Crippen molar-refractivity contribution in [2.75, 3.05) is 26.9 Å². The molecular formula is C12H17ClN2O2. The summed E-state index contributed by atoms with van der Waals surface area (Å²) >= 11 is 6.08. The monoisotopic (exact) mass is 256 g/mol. The van der Waals surface area contributed by atoms with E-state index in [9.17, 15) is 0 Å². The summed E-state index contributed by atoms with van der Waals surface area (Å²) in [5.74, 6) is 0.662. The molecule has 17 heavy (non-hydrogen) atoms. The molecule has 0 aromatic heterocycles. The average Bonchev–Trinajstić information content (AvgIpc) is 2.39. The standard InChI is InChI=1S/C12H17ClN2O2/c1-16-11-3-2-8(6-9(11)13)12(14)10-7-17-5-4-15-10/h2-3,6,10,12,15H,4-5,7,14H2,1H3. The lowest BCUT2D eigenvalue weighted by Crippen LogP contribution is -2.47. The molecule has 1 aromatic carbocycles. The number of methoxy groups -OCH3 is 1. The molecule has 4 nitrogen and oxygen atoms in total. The molecule has 0 saturated carbocycles. The van der Waals surface area contributed by atoms with E-state index in [2.05, 4.69) is 5.32 Å². The predicted molar refractivity (Wildman–Crippen MR) is 67.5 cm³/mol. The number of benzene rings is 1. The zero-order valence-corrected chi connectivity index (χ0v) is 10.5. The Hall–Kier alpha value is -0.810. The van der Waals surface area contributed by atoms with Crippen molar-refractivity contribution in [2.45, 2.75) is 12.1 Å². The minimum absolute atomic E-state index is 0.126. The van der Waals surface area contributed by atoms with Crippen LogP contribution in [0, 0.1) is 0 Å². The van der Waals surface area contributed by atoms with Crippen molar-refractivity contribution < 1.29 is 9.47 Å². The first-order valence-electron chi connectivity index (χ1n) is 5.62. The summed E-state index contributed by atoms with van der Waals surface area (Å²) < 4.78 is 10.5. The lowest BCUT2D eigenvalue weighted by atomic mass is 10.00. The maximum Gasteiger partial charge on any atom is 0.137 e. The highest BCUT2D eigenvalue weighted by molar-refractivity contribution is 6.32. The third-order valence-electron chi connectivity index (χ3n) is 2.94. The highest BCUT2D eigenvalue weighted by Crippen LogP contribution is 2.28. The number of nitrogens with one attached hydrogen (secondary N) is 1. The molecule has 1 aromatic rings. The van der Waals surface area contributed by atoms with E-state index in [1.165, 1.54) is 0 Å². The first-order valence-corrected chi connectivity index (χ1v) is 6.00. The Kier molecular flexibility index (Phi) is 4.23. The van der Waals surface area contributed by atoms with Gasteiger partial charge in [-0.05, 0) is 17.7 Å². The molecule has 1 saturated heterocycles. The second kappa shape index (κ2) is 5.69. The van der Waals surface area contributed by atoms with Crippen LogP contribution in [0.2, 0.25) is 5.02 Å². The number of ether oxygens (including phenoxy) is 2. The van der Waals surface area contributed by atoms with Gasteiger partial charge in [0.25, 0.3) is 0 Å². The first kappa shape index (κ1) is 12.6. The van der Waals surface area contributed by atoms with Gasteiger partial charge >= 0.3 is 0 Å². The van der Waals surface area contributed by atoms with Crippen molar-refractivity contribution >= 4 is 11.6 Å². The van der Waals surface area contributed by atoms with E-state index in [1.807, 2.05) is 18.2 Å². The third kappa shape index (κ3) is 2.90. The Balaban J connectivity index is 2.12. The minimum Gasteiger partial charge on any atom is -0.495 e. The first-order chi connectivity index (χ1) is 8.22. The number of rotatable bonds is 3. The normalized spacial score (nSPS) is 22.2. The van der Waals surface area contributed by atoms with Gasteiger partial charge in [-0.2, -0.15) is 0 Å². The maximum atomic E-state index is 6.19. The van der Waals surface area contributed by atoms with Gasteiger partial charge in [0.2, 0.25) is 0 Å². The summed E-state index contributed by atoms with van der Waals surface area (Å²) in [6.07, 6.45) is 0. The van der Waals surface area contributed by atoms with E-state index in [0.717, 1.165) is 18.7 Å². The molecule has 2 atom stereocenters. The molecule has 0 amide bonds. The zero-order chi connectivity index (χ0) is 12.3. The van der Waals surface area contributed by atoms with E-state index >= 15 is 0 Å². The van der Waals surface area contributed by atoms with Crippen molar-refractivity contribution in [3.05, 3.63) is 28.8 Å². The van der Waals surface area contributed by atoms with Crippen LogP contribution in [0.15, 0.2) is 18.2 Å². The van der Waals surface area contributed by atoms with Gasteiger partial charge in [0.1, 0.15) is 5.75 Å². The van der Waals surface area contributed by atoms with Crippen molar-refractivity contribution in [1.82, 2.24) is 5.32 Å². The molecule has 1 heterocycles. The molecule has 2 rings (SSSR count). The smallest absolute Gasteiger partial charge is 0.137 e. The van der Waals surface area contributed by atoms with Gasteiger partial charge in [0, 0.05) is 18.6 Å². The SMILES string of the molecule is COc1ccc(C(N)C2COCCN2)cc1Cl. The molecule has 5 heteroatoms. The van der Waals surface area contributed by atoms with Gasteiger partial charge in [0.05, 0.1) is 25.3 Å². The van der Waals surface area contributed by atoms with E-state index in [0.29, 0.717) is 17.4 Å². The highest BCUT2D eigenvalue weighted by Gasteiger charge is 2.22. The fourth-order valence-electron chi connectivity index (χ4n) is 1.94. The van der Waals surface area contributed by atoms with Crippen LogP contribution in [-0.4, -0.2) is 32.9 Å². The summed E-state index contributed by atoms with van der Waals surface area (Å²) in [7, 11) is 1.59. The van der Waals surface area contributed by atoms with Crippen LogP contribution in [0.4, 0.5) is 0 Å². The lowest BCUT2D eigenvalue weighted by Gasteiger charge is -2.29. The number of morpholine rings is 1. The molecule has 0 radical (unpaired) electrons. The van der Waals surface area contributed by atoms with E-state index in [-0.39, 0.29) is 12.1 Å². The number of hydrogen-bond donors (Lipinski definition) is 2. The summed E-state index contributed by atoms with van der Waals surface area (Å²) in [6, 6.07) is 5.63. The fourth-order valence-corrected chi connectivity index (χ4v) is 2.20. The molecule has 1 aliphatic rings. The Morgan fingerprint density at radius 1 is 1.59 bits per heavy atom. The predicted octanol–water partition coefficient (Wildman–Crippen LogP) is 1.34. The summed E-state index contributed by atoms with van der Waals surface area (Å²) in [6.45, 7) is 2.21.